The standard InChI is InChI=1S/C17H32N2/c1-16(2,3)11-19(4)17(10-18)14-6-12-5-13(8-14)9-15(17)7-12/h12-15H,5-11,18H2,1-4H3. The van der Waals surface area contributed by atoms with Gasteiger partial charge in [-0.2, -0.15) is 0 Å². The lowest BCUT2D eigenvalue weighted by atomic mass is 9.48. The van der Waals surface area contributed by atoms with Crippen molar-refractivity contribution in [2.45, 2.75) is 58.4 Å². The minimum Gasteiger partial charge on any atom is -0.329 e. The van der Waals surface area contributed by atoms with Gasteiger partial charge in [-0.25, -0.2) is 0 Å². The molecule has 4 bridgehead atoms. The maximum absolute atomic E-state index is 6.37. The number of hydrogen-bond acceptors (Lipinski definition) is 2. The number of nitrogens with zero attached hydrogens (tertiary/aromatic N) is 1. The van der Waals surface area contributed by atoms with Gasteiger partial charge in [0, 0.05) is 18.6 Å². The summed E-state index contributed by atoms with van der Waals surface area (Å²) in [6.07, 6.45) is 7.35. The van der Waals surface area contributed by atoms with Crippen molar-refractivity contribution in [3.05, 3.63) is 0 Å². The van der Waals surface area contributed by atoms with E-state index in [4.69, 9.17) is 5.73 Å². The van der Waals surface area contributed by atoms with Gasteiger partial charge >= 0.3 is 0 Å². The van der Waals surface area contributed by atoms with Crippen LogP contribution in [0.5, 0.6) is 0 Å². The van der Waals surface area contributed by atoms with Crippen molar-refractivity contribution in [2.24, 2.45) is 34.8 Å². The third kappa shape index (κ3) is 2.15. The summed E-state index contributed by atoms with van der Waals surface area (Å²) in [5, 5.41) is 0. The molecule has 0 saturated heterocycles. The number of nitrogens with two attached hydrogens (primary N) is 1. The monoisotopic (exact) mass is 264 g/mol. The van der Waals surface area contributed by atoms with Crippen LogP contribution in [0.3, 0.4) is 0 Å². The minimum absolute atomic E-state index is 0.320. The molecule has 0 aliphatic heterocycles. The van der Waals surface area contributed by atoms with Gasteiger partial charge in [-0.3, -0.25) is 4.90 Å². The molecule has 0 atom stereocenters. The number of rotatable bonds is 3. The van der Waals surface area contributed by atoms with Crippen LogP contribution >= 0.6 is 0 Å². The third-order valence-corrected chi connectivity index (χ3v) is 6.30. The summed E-state index contributed by atoms with van der Waals surface area (Å²) in [6.45, 7) is 9.10. The predicted molar refractivity (Wildman–Crippen MR) is 80.9 cm³/mol. The molecule has 4 aliphatic carbocycles. The van der Waals surface area contributed by atoms with Crippen molar-refractivity contribution in [3.63, 3.8) is 0 Å². The molecule has 110 valence electrons. The van der Waals surface area contributed by atoms with E-state index in [0.29, 0.717) is 11.0 Å². The summed E-state index contributed by atoms with van der Waals surface area (Å²) in [5.41, 5.74) is 7.05. The van der Waals surface area contributed by atoms with E-state index in [2.05, 4.69) is 32.7 Å². The molecule has 2 nitrogen and oxygen atoms in total. The van der Waals surface area contributed by atoms with Crippen LogP contribution in [0.25, 0.3) is 0 Å². The zero-order valence-corrected chi connectivity index (χ0v) is 13.3. The fourth-order valence-electron chi connectivity index (χ4n) is 5.97. The first-order valence-electron chi connectivity index (χ1n) is 8.26. The molecule has 19 heavy (non-hydrogen) atoms. The Bertz CT molecular complexity index is 314. The van der Waals surface area contributed by atoms with Gasteiger partial charge < -0.3 is 5.73 Å². The van der Waals surface area contributed by atoms with Crippen LogP contribution in [0.2, 0.25) is 0 Å². The van der Waals surface area contributed by atoms with Gasteiger partial charge in [0.15, 0.2) is 0 Å². The van der Waals surface area contributed by atoms with Crippen molar-refractivity contribution in [1.29, 1.82) is 0 Å². The van der Waals surface area contributed by atoms with Gasteiger partial charge in [0.2, 0.25) is 0 Å². The molecule has 0 radical (unpaired) electrons. The van der Waals surface area contributed by atoms with E-state index in [1.165, 1.54) is 38.6 Å². The molecule has 4 saturated carbocycles. The first-order valence-corrected chi connectivity index (χ1v) is 8.26. The summed E-state index contributed by atoms with van der Waals surface area (Å²) in [4.78, 5) is 2.67. The highest BCUT2D eigenvalue weighted by atomic mass is 15.2. The Kier molecular flexibility index (Phi) is 3.26. The maximum atomic E-state index is 6.37. The number of hydrogen-bond donors (Lipinski definition) is 1. The van der Waals surface area contributed by atoms with E-state index in [-0.39, 0.29) is 0 Å². The fourth-order valence-corrected chi connectivity index (χ4v) is 5.97. The zero-order chi connectivity index (χ0) is 13.8. The van der Waals surface area contributed by atoms with E-state index < -0.39 is 0 Å². The van der Waals surface area contributed by atoms with Crippen LogP contribution < -0.4 is 5.73 Å². The second-order valence-corrected chi connectivity index (χ2v) is 8.92. The molecule has 0 unspecified atom stereocenters. The van der Waals surface area contributed by atoms with Crippen molar-refractivity contribution < 1.29 is 0 Å². The second-order valence-electron chi connectivity index (χ2n) is 8.92. The summed E-state index contributed by atoms with van der Waals surface area (Å²) in [5.74, 6) is 3.82. The molecule has 0 heterocycles. The summed E-state index contributed by atoms with van der Waals surface area (Å²) in [7, 11) is 2.35. The van der Waals surface area contributed by atoms with Crippen molar-refractivity contribution in [3.8, 4) is 0 Å². The fraction of sp³-hybridized carbons (Fsp3) is 1.00. The summed E-state index contributed by atoms with van der Waals surface area (Å²) < 4.78 is 0. The Morgan fingerprint density at radius 2 is 1.47 bits per heavy atom. The Hall–Kier alpha value is -0.0800. The van der Waals surface area contributed by atoms with Crippen molar-refractivity contribution in [2.75, 3.05) is 20.1 Å². The summed E-state index contributed by atoms with van der Waals surface area (Å²) in [6, 6.07) is 0. The van der Waals surface area contributed by atoms with Crippen LogP contribution in [-0.2, 0) is 0 Å². The first kappa shape index (κ1) is 13.9. The van der Waals surface area contributed by atoms with E-state index in [1.54, 1.807) is 0 Å². The van der Waals surface area contributed by atoms with Crippen LogP contribution in [0.15, 0.2) is 0 Å². The highest BCUT2D eigenvalue weighted by Gasteiger charge is 2.58. The normalized spacial score (nSPS) is 45.2. The number of likely N-dealkylation sites (N-methyl/N-ethyl adjacent to an activating group) is 1. The largest absolute Gasteiger partial charge is 0.329 e. The molecular weight excluding hydrogens is 232 g/mol. The van der Waals surface area contributed by atoms with Gasteiger partial charge in [0.05, 0.1) is 0 Å². The quantitative estimate of drug-likeness (QED) is 0.848. The van der Waals surface area contributed by atoms with E-state index >= 15 is 0 Å². The van der Waals surface area contributed by atoms with Gasteiger partial charge in [0.1, 0.15) is 0 Å². The third-order valence-electron chi connectivity index (χ3n) is 6.30. The zero-order valence-electron chi connectivity index (χ0n) is 13.3. The molecule has 4 rings (SSSR count). The molecule has 4 aliphatic rings. The highest BCUT2D eigenvalue weighted by molar-refractivity contribution is 5.12. The molecule has 2 N–H and O–H groups in total. The molecule has 0 aromatic heterocycles. The lowest BCUT2D eigenvalue weighted by Crippen LogP contribution is -2.69. The molecule has 0 spiro atoms. The Balaban J connectivity index is 1.86. The molecule has 0 aromatic rings. The Morgan fingerprint density at radius 1 is 1.00 bits per heavy atom. The van der Waals surface area contributed by atoms with E-state index in [9.17, 15) is 0 Å². The molecule has 2 heteroatoms. The first-order chi connectivity index (χ1) is 8.85. The predicted octanol–water partition coefficient (Wildman–Crippen LogP) is 3.12. The lowest BCUT2D eigenvalue weighted by molar-refractivity contribution is -0.129. The van der Waals surface area contributed by atoms with Gasteiger partial charge in [-0.15, -0.1) is 0 Å². The smallest absolute Gasteiger partial charge is 0.0385 e. The van der Waals surface area contributed by atoms with Crippen LogP contribution in [0.4, 0.5) is 0 Å². The van der Waals surface area contributed by atoms with Crippen molar-refractivity contribution >= 4 is 0 Å². The molecule has 0 amide bonds. The lowest BCUT2D eigenvalue weighted by Gasteiger charge is -2.64. The van der Waals surface area contributed by atoms with E-state index in [1.807, 2.05) is 0 Å². The van der Waals surface area contributed by atoms with Gasteiger partial charge in [-0.05, 0) is 68.2 Å². The topological polar surface area (TPSA) is 29.3 Å². The van der Waals surface area contributed by atoms with Crippen LogP contribution in [-0.4, -0.2) is 30.6 Å². The Labute approximate surface area is 119 Å². The molecule has 0 aromatic carbocycles. The van der Waals surface area contributed by atoms with Gasteiger partial charge in [0.25, 0.3) is 0 Å². The van der Waals surface area contributed by atoms with Crippen LogP contribution in [0, 0.1) is 29.1 Å². The maximum Gasteiger partial charge on any atom is 0.0385 e. The molecular formula is C17H32N2. The second kappa shape index (κ2) is 4.46. The molecule has 4 fully saturated rings. The Morgan fingerprint density at radius 3 is 1.84 bits per heavy atom. The van der Waals surface area contributed by atoms with Crippen molar-refractivity contribution in [1.82, 2.24) is 4.90 Å². The average Bonchev–Trinajstić information content (AvgIpc) is 2.26. The summed E-state index contributed by atoms with van der Waals surface area (Å²) >= 11 is 0. The average molecular weight is 264 g/mol. The van der Waals surface area contributed by atoms with Crippen LogP contribution in [0.1, 0.15) is 52.9 Å². The minimum atomic E-state index is 0.320. The highest BCUT2D eigenvalue weighted by Crippen LogP contribution is 2.59. The SMILES string of the molecule is CN(CC(C)(C)C)C1(CN)C2CC3CC(C2)CC1C3. The van der Waals surface area contributed by atoms with Gasteiger partial charge in [-0.1, -0.05) is 20.8 Å². The van der Waals surface area contributed by atoms with E-state index in [0.717, 1.165) is 30.2 Å².